The molecule has 0 aromatic rings. The lowest BCUT2D eigenvalue weighted by atomic mass is 9.94. The highest BCUT2D eigenvalue weighted by Gasteiger charge is 2.31. The molecule has 2 aliphatic heterocycles. The Hall–Kier alpha value is -1.79. The van der Waals surface area contributed by atoms with Gasteiger partial charge in [0, 0.05) is 44.7 Å². The van der Waals surface area contributed by atoms with Crippen molar-refractivity contribution in [1.29, 1.82) is 0 Å². The molecule has 2 fully saturated rings. The van der Waals surface area contributed by atoms with Crippen LogP contribution in [0.4, 0.5) is 4.79 Å². The number of carbonyl (C=O) groups excluding carboxylic acids is 3. The second-order valence-corrected chi connectivity index (χ2v) is 7.63. The number of nitrogens with zero attached hydrogens (tertiary/aromatic N) is 3. The van der Waals surface area contributed by atoms with Crippen molar-refractivity contribution in [3.8, 4) is 0 Å². The van der Waals surface area contributed by atoms with E-state index in [1.54, 1.807) is 4.90 Å². The van der Waals surface area contributed by atoms with Crippen LogP contribution in [-0.2, 0) is 9.59 Å². The van der Waals surface area contributed by atoms with Crippen molar-refractivity contribution in [2.24, 2.45) is 5.41 Å². The van der Waals surface area contributed by atoms with Gasteiger partial charge >= 0.3 is 6.03 Å². The number of piperidine rings is 1. The summed E-state index contributed by atoms with van der Waals surface area (Å²) in [6.45, 7) is 9.46. The number of amides is 4. The Labute approximate surface area is 144 Å². The van der Waals surface area contributed by atoms with Gasteiger partial charge in [-0.1, -0.05) is 20.8 Å². The first kappa shape index (κ1) is 18.5. The van der Waals surface area contributed by atoms with Gasteiger partial charge in [-0.15, -0.1) is 0 Å². The molecule has 4 amide bonds. The van der Waals surface area contributed by atoms with Crippen molar-refractivity contribution in [3.63, 3.8) is 0 Å². The molecule has 0 aliphatic carbocycles. The average Bonchev–Trinajstić information content (AvgIpc) is 2.58. The molecule has 7 heteroatoms. The average molecular weight is 338 g/mol. The summed E-state index contributed by atoms with van der Waals surface area (Å²) in [5, 5.41) is 2.72. The zero-order valence-electron chi connectivity index (χ0n) is 15.1. The van der Waals surface area contributed by atoms with Crippen LogP contribution >= 0.6 is 0 Å². The van der Waals surface area contributed by atoms with E-state index >= 15 is 0 Å². The van der Waals surface area contributed by atoms with Gasteiger partial charge < -0.3 is 20.0 Å². The summed E-state index contributed by atoms with van der Waals surface area (Å²) in [7, 11) is 0. The highest BCUT2D eigenvalue weighted by molar-refractivity contribution is 5.84. The molecule has 0 bridgehead atoms. The lowest BCUT2D eigenvalue weighted by Gasteiger charge is -2.37. The summed E-state index contributed by atoms with van der Waals surface area (Å²) in [5.41, 5.74) is -0.398. The Balaban J connectivity index is 1.72. The number of rotatable bonds is 2. The van der Waals surface area contributed by atoms with Crippen LogP contribution in [0.3, 0.4) is 0 Å². The molecule has 2 rings (SSSR count). The quantitative estimate of drug-likeness (QED) is 0.813. The largest absolute Gasteiger partial charge is 0.341 e. The molecule has 0 radical (unpaired) electrons. The van der Waals surface area contributed by atoms with Crippen molar-refractivity contribution < 1.29 is 14.4 Å². The molecule has 0 aromatic carbocycles. The Morgan fingerprint density at radius 1 is 0.792 bits per heavy atom. The van der Waals surface area contributed by atoms with E-state index in [-0.39, 0.29) is 24.4 Å². The van der Waals surface area contributed by atoms with Crippen molar-refractivity contribution in [2.75, 3.05) is 45.8 Å². The number of hydrogen-bond donors (Lipinski definition) is 1. The van der Waals surface area contributed by atoms with Crippen LogP contribution in [0.25, 0.3) is 0 Å². The molecule has 0 spiro atoms. The van der Waals surface area contributed by atoms with Gasteiger partial charge in [0.05, 0.1) is 6.54 Å². The smallest absolute Gasteiger partial charge is 0.317 e. The third kappa shape index (κ3) is 4.85. The number of carbonyl (C=O) groups is 3. The number of hydrogen-bond acceptors (Lipinski definition) is 3. The van der Waals surface area contributed by atoms with E-state index in [1.807, 2.05) is 30.6 Å². The first-order valence-corrected chi connectivity index (χ1v) is 8.89. The predicted octanol–water partition coefficient (Wildman–Crippen LogP) is 0.899. The van der Waals surface area contributed by atoms with Gasteiger partial charge in [0.25, 0.3) is 0 Å². The summed E-state index contributed by atoms with van der Waals surface area (Å²) in [6, 6.07) is -0.219. The van der Waals surface area contributed by atoms with Crippen LogP contribution in [0.5, 0.6) is 0 Å². The molecule has 1 N–H and O–H groups in total. The van der Waals surface area contributed by atoms with Gasteiger partial charge in [0.1, 0.15) is 0 Å². The van der Waals surface area contributed by atoms with Crippen LogP contribution in [0, 0.1) is 5.41 Å². The van der Waals surface area contributed by atoms with E-state index in [9.17, 15) is 14.4 Å². The summed E-state index contributed by atoms with van der Waals surface area (Å²) < 4.78 is 0. The number of nitrogens with one attached hydrogen (secondary N) is 1. The van der Waals surface area contributed by atoms with Crippen LogP contribution < -0.4 is 5.32 Å². The van der Waals surface area contributed by atoms with Gasteiger partial charge in [-0.2, -0.15) is 0 Å². The fourth-order valence-electron chi connectivity index (χ4n) is 3.11. The minimum atomic E-state index is -0.398. The van der Waals surface area contributed by atoms with Gasteiger partial charge in [-0.3, -0.25) is 9.59 Å². The van der Waals surface area contributed by atoms with E-state index in [2.05, 4.69) is 5.32 Å². The minimum Gasteiger partial charge on any atom is -0.341 e. The van der Waals surface area contributed by atoms with Crippen LogP contribution in [-0.4, -0.2) is 78.4 Å². The van der Waals surface area contributed by atoms with E-state index in [1.165, 1.54) is 6.42 Å². The highest BCUT2D eigenvalue weighted by atomic mass is 16.2. The van der Waals surface area contributed by atoms with Crippen LogP contribution in [0.15, 0.2) is 0 Å². The maximum atomic E-state index is 12.2. The summed E-state index contributed by atoms with van der Waals surface area (Å²) in [5.74, 6) is 0.104. The topological polar surface area (TPSA) is 73.0 Å². The van der Waals surface area contributed by atoms with E-state index < -0.39 is 5.41 Å². The Morgan fingerprint density at radius 2 is 1.33 bits per heavy atom. The second-order valence-electron chi connectivity index (χ2n) is 7.63. The monoisotopic (exact) mass is 338 g/mol. The maximum absolute atomic E-state index is 12.2. The second kappa shape index (κ2) is 7.85. The summed E-state index contributed by atoms with van der Waals surface area (Å²) in [6.07, 6.45) is 3.26. The Kier molecular flexibility index (Phi) is 6.07. The van der Waals surface area contributed by atoms with Gasteiger partial charge in [-0.25, -0.2) is 4.79 Å². The molecular formula is C17H30N4O3. The first-order chi connectivity index (χ1) is 11.3. The molecule has 136 valence electrons. The summed E-state index contributed by atoms with van der Waals surface area (Å²) >= 11 is 0. The van der Waals surface area contributed by atoms with Crippen LogP contribution in [0.1, 0.15) is 40.0 Å². The third-order valence-electron chi connectivity index (χ3n) is 4.60. The van der Waals surface area contributed by atoms with Gasteiger partial charge in [0.2, 0.25) is 11.8 Å². The normalized spacial score (nSPS) is 19.2. The Bertz CT molecular complexity index is 473. The lowest BCUT2D eigenvalue weighted by Crippen LogP contribution is -2.55. The van der Waals surface area contributed by atoms with Crippen molar-refractivity contribution in [2.45, 2.75) is 40.0 Å². The number of piperazine rings is 1. The standard InChI is InChI=1S/C17H30N4O3/c1-17(2,3)15(23)20-9-11-21(12-10-20)16(24)18-13-14(22)19-7-5-4-6-8-19/h4-13H2,1-3H3,(H,18,24). The molecule has 2 heterocycles. The van der Waals surface area contributed by atoms with E-state index in [0.29, 0.717) is 26.2 Å². The van der Waals surface area contributed by atoms with Gasteiger partial charge in [0.15, 0.2) is 0 Å². The fraction of sp³-hybridized carbons (Fsp3) is 0.824. The van der Waals surface area contributed by atoms with E-state index in [0.717, 1.165) is 25.9 Å². The van der Waals surface area contributed by atoms with Crippen molar-refractivity contribution in [3.05, 3.63) is 0 Å². The SMILES string of the molecule is CC(C)(C)C(=O)N1CCN(C(=O)NCC(=O)N2CCCCC2)CC1. The molecule has 0 unspecified atom stereocenters. The molecule has 2 saturated heterocycles. The molecule has 0 aromatic heterocycles. The first-order valence-electron chi connectivity index (χ1n) is 8.89. The fourth-order valence-corrected chi connectivity index (χ4v) is 3.11. The van der Waals surface area contributed by atoms with Crippen molar-refractivity contribution in [1.82, 2.24) is 20.0 Å². The molecule has 2 aliphatic rings. The van der Waals surface area contributed by atoms with Crippen molar-refractivity contribution >= 4 is 17.8 Å². The molecule has 7 nitrogen and oxygen atoms in total. The zero-order chi connectivity index (χ0) is 17.7. The van der Waals surface area contributed by atoms with Crippen LogP contribution in [0.2, 0.25) is 0 Å². The van der Waals surface area contributed by atoms with E-state index in [4.69, 9.17) is 0 Å². The lowest BCUT2D eigenvalue weighted by molar-refractivity contribution is -0.140. The molecule has 0 atom stereocenters. The maximum Gasteiger partial charge on any atom is 0.317 e. The molecule has 0 saturated carbocycles. The third-order valence-corrected chi connectivity index (χ3v) is 4.60. The molecule has 24 heavy (non-hydrogen) atoms. The highest BCUT2D eigenvalue weighted by Crippen LogP contribution is 2.18. The zero-order valence-corrected chi connectivity index (χ0v) is 15.1. The summed E-state index contributed by atoms with van der Waals surface area (Å²) in [4.78, 5) is 41.8. The van der Waals surface area contributed by atoms with Gasteiger partial charge in [-0.05, 0) is 19.3 Å². The number of urea groups is 1. The number of likely N-dealkylation sites (tertiary alicyclic amines) is 1. The minimum absolute atomic E-state index is 0.00963. The Morgan fingerprint density at radius 3 is 1.88 bits per heavy atom. The molecular weight excluding hydrogens is 308 g/mol. The predicted molar refractivity (Wildman–Crippen MR) is 91.4 cm³/mol.